The van der Waals surface area contributed by atoms with Crippen LogP contribution in [0.5, 0.6) is 0 Å². The predicted octanol–water partition coefficient (Wildman–Crippen LogP) is 11.4. The predicted molar refractivity (Wildman–Crippen MR) is 219 cm³/mol. The van der Waals surface area contributed by atoms with E-state index in [9.17, 15) is 24.2 Å². The molecule has 0 radical (unpaired) electrons. The van der Waals surface area contributed by atoms with Gasteiger partial charge in [-0.1, -0.05) is 173 Å². The van der Waals surface area contributed by atoms with E-state index in [2.05, 4.69) is 42.7 Å². The van der Waals surface area contributed by atoms with Crippen molar-refractivity contribution in [3.8, 4) is 0 Å². The number of hydrogen-bond acceptors (Lipinski definition) is 9. The Morgan fingerprint density at radius 2 is 0.981 bits per heavy atom. The number of unbranched alkanes of at least 4 members (excludes halogenated alkanes) is 23. The number of ether oxygens (including phenoxy) is 2. The van der Waals surface area contributed by atoms with Crippen LogP contribution >= 0.6 is 7.82 Å². The van der Waals surface area contributed by atoms with E-state index in [1.807, 2.05) is 0 Å². The number of rotatable bonds is 41. The highest BCUT2D eigenvalue weighted by Crippen LogP contribution is 2.43. The molecule has 54 heavy (non-hydrogen) atoms. The number of phosphoric acid groups is 1. The second-order valence-electron chi connectivity index (χ2n) is 14.7. The number of allylic oxidation sites excluding steroid dienone is 4. The van der Waals surface area contributed by atoms with Crippen molar-refractivity contribution in [2.24, 2.45) is 0 Å². The number of aliphatic hydroxyl groups is 2. The lowest BCUT2D eigenvalue weighted by atomic mass is 10.0. The summed E-state index contributed by atoms with van der Waals surface area (Å²) in [5.41, 5.74) is 0. The Morgan fingerprint density at radius 1 is 0.556 bits per heavy atom. The van der Waals surface area contributed by atoms with Gasteiger partial charge in [-0.25, -0.2) is 4.57 Å². The number of carbonyl (C=O) groups is 2. The molecule has 318 valence electrons. The lowest BCUT2D eigenvalue weighted by Crippen LogP contribution is -2.29. The molecular formula is C43H81O10P. The fraction of sp³-hybridized carbons (Fsp3) is 0.860. The van der Waals surface area contributed by atoms with E-state index >= 15 is 0 Å². The highest BCUT2D eigenvalue weighted by atomic mass is 31.2. The summed E-state index contributed by atoms with van der Waals surface area (Å²) < 4.78 is 32.7. The molecule has 0 spiro atoms. The smallest absolute Gasteiger partial charge is 0.462 e. The van der Waals surface area contributed by atoms with Gasteiger partial charge in [-0.05, 0) is 38.5 Å². The van der Waals surface area contributed by atoms with E-state index in [1.54, 1.807) is 0 Å². The van der Waals surface area contributed by atoms with Crippen molar-refractivity contribution in [2.45, 2.75) is 212 Å². The minimum Gasteiger partial charge on any atom is -0.462 e. The molecule has 3 atom stereocenters. The summed E-state index contributed by atoms with van der Waals surface area (Å²) in [6, 6.07) is 0. The van der Waals surface area contributed by atoms with Crippen LogP contribution in [0.25, 0.3) is 0 Å². The Bertz CT molecular complexity index is 957. The molecule has 0 rings (SSSR count). The molecule has 0 fully saturated rings. The van der Waals surface area contributed by atoms with Crippen molar-refractivity contribution in [2.75, 3.05) is 26.4 Å². The third-order valence-electron chi connectivity index (χ3n) is 9.36. The monoisotopic (exact) mass is 789 g/mol. The van der Waals surface area contributed by atoms with Crippen LogP contribution in [0.4, 0.5) is 0 Å². The molecule has 0 aliphatic rings. The first kappa shape index (κ1) is 52.5. The lowest BCUT2D eigenvalue weighted by molar-refractivity contribution is -0.161. The van der Waals surface area contributed by atoms with Crippen molar-refractivity contribution in [1.29, 1.82) is 0 Å². The normalized spacial score (nSPS) is 14.1. The average Bonchev–Trinajstić information content (AvgIpc) is 3.16. The number of carbonyl (C=O) groups excluding carboxylic acids is 2. The van der Waals surface area contributed by atoms with Gasteiger partial charge in [0.2, 0.25) is 0 Å². The van der Waals surface area contributed by atoms with E-state index in [4.69, 9.17) is 19.1 Å². The maximum atomic E-state index is 12.6. The largest absolute Gasteiger partial charge is 0.472 e. The van der Waals surface area contributed by atoms with Crippen LogP contribution in [-0.4, -0.2) is 65.7 Å². The van der Waals surface area contributed by atoms with E-state index in [1.165, 1.54) is 96.3 Å². The maximum absolute atomic E-state index is 12.6. The van der Waals surface area contributed by atoms with Gasteiger partial charge in [0, 0.05) is 12.8 Å². The first-order chi connectivity index (χ1) is 26.2. The molecule has 0 heterocycles. The zero-order chi connectivity index (χ0) is 39.8. The third-order valence-corrected chi connectivity index (χ3v) is 10.3. The van der Waals surface area contributed by atoms with Gasteiger partial charge in [-0.2, -0.15) is 0 Å². The van der Waals surface area contributed by atoms with Gasteiger partial charge in [-0.3, -0.25) is 18.6 Å². The summed E-state index contributed by atoms with van der Waals surface area (Å²) in [5, 5.41) is 18.3. The number of esters is 2. The topological polar surface area (TPSA) is 149 Å². The first-order valence-electron chi connectivity index (χ1n) is 21.8. The quantitative estimate of drug-likeness (QED) is 0.0236. The number of hydrogen-bond donors (Lipinski definition) is 3. The van der Waals surface area contributed by atoms with E-state index in [-0.39, 0.29) is 19.4 Å². The van der Waals surface area contributed by atoms with Gasteiger partial charge >= 0.3 is 19.8 Å². The molecule has 0 saturated heterocycles. The second-order valence-corrected chi connectivity index (χ2v) is 16.2. The molecule has 0 aromatic rings. The van der Waals surface area contributed by atoms with E-state index < -0.39 is 51.8 Å². The van der Waals surface area contributed by atoms with Gasteiger partial charge in [0.05, 0.1) is 19.8 Å². The minimum atomic E-state index is -4.62. The highest BCUT2D eigenvalue weighted by Gasteiger charge is 2.27. The molecule has 0 bridgehead atoms. The van der Waals surface area contributed by atoms with Crippen molar-refractivity contribution in [1.82, 2.24) is 0 Å². The van der Waals surface area contributed by atoms with Crippen molar-refractivity contribution < 1.29 is 47.8 Å². The summed E-state index contributed by atoms with van der Waals surface area (Å²) in [4.78, 5) is 35.0. The summed E-state index contributed by atoms with van der Waals surface area (Å²) in [6.07, 6.45) is 38.5. The molecule has 0 aliphatic carbocycles. The summed E-state index contributed by atoms with van der Waals surface area (Å²) >= 11 is 0. The highest BCUT2D eigenvalue weighted by molar-refractivity contribution is 7.47. The van der Waals surface area contributed by atoms with Crippen molar-refractivity contribution in [3.63, 3.8) is 0 Å². The molecule has 0 aromatic carbocycles. The molecule has 0 amide bonds. The van der Waals surface area contributed by atoms with Crippen molar-refractivity contribution >= 4 is 19.8 Å². The van der Waals surface area contributed by atoms with Crippen LogP contribution in [0, 0.1) is 0 Å². The Hall–Kier alpha value is -1.55. The molecule has 1 unspecified atom stereocenters. The molecule has 0 aromatic heterocycles. The van der Waals surface area contributed by atoms with Crippen LogP contribution in [0.15, 0.2) is 24.3 Å². The summed E-state index contributed by atoms with van der Waals surface area (Å²) in [6.45, 7) is 2.34. The van der Waals surface area contributed by atoms with Gasteiger partial charge in [-0.15, -0.1) is 0 Å². The number of aliphatic hydroxyl groups excluding tert-OH is 2. The van der Waals surface area contributed by atoms with Crippen LogP contribution < -0.4 is 0 Å². The lowest BCUT2D eigenvalue weighted by Gasteiger charge is -2.20. The number of phosphoric ester groups is 1. The van der Waals surface area contributed by atoms with E-state index in [0.29, 0.717) is 12.8 Å². The molecule has 11 heteroatoms. The first-order valence-corrected chi connectivity index (χ1v) is 23.3. The van der Waals surface area contributed by atoms with Crippen LogP contribution in [0.1, 0.15) is 200 Å². The molecule has 10 nitrogen and oxygen atoms in total. The Kier molecular flexibility index (Phi) is 38.5. The maximum Gasteiger partial charge on any atom is 0.472 e. The Morgan fingerprint density at radius 3 is 1.48 bits per heavy atom. The van der Waals surface area contributed by atoms with Gasteiger partial charge in [0.1, 0.15) is 12.7 Å². The third kappa shape index (κ3) is 38.7. The molecule has 0 aliphatic heterocycles. The summed E-state index contributed by atoms with van der Waals surface area (Å²) in [5.74, 6) is -0.933. The average molecular weight is 789 g/mol. The van der Waals surface area contributed by atoms with Gasteiger partial charge in [0.15, 0.2) is 6.10 Å². The Labute approximate surface area is 329 Å². The van der Waals surface area contributed by atoms with Crippen LogP contribution in [0.3, 0.4) is 0 Å². The fourth-order valence-electron chi connectivity index (χ4n) is 5.95. The fourth-order valence-corrected chi connectivity index (χ4v) is 6.74. The minimum absolute atomic E-state index is 0.185. The molecular weight excluding hydrogens is 707 g/mol. The van der Waals surface area contributed by atoms with Gasteiger partial charge in [0.25, 0.3) is 0 Å². The summed E-state index contributed by atoms with van der Waals surface area (Å²) in [7, 11) is -4.62. The Balaban J connectivity index is 4.28. The SMILES string of the molecule is CCCC/C=C\C/C=C\CCCCCCCC(=O)OC[C@H](COP(=O)(O)OC[C@@H](O)CO)OC(=O)CCCCCCCCCCCCCCCCCCC. The van der Waals surface area contributed by atoms with Crippen LogP contribution in [0.2, 0.25) is 0 Å². The zero-order valence-corrected chi connectivity index (χ0v) is 35.3. The second kappa shape index (κ2) is 39.7. The van der Waals surface area contributed by atoms with E-state index in [0.717, 1.165) is 64.2 Å². The van der Waals surface area contributed by atoms with Gasteiger partial charge < -0.3 is 24.6 Å². The standard InChI is InChI=1S/C43H81O10P/c1-3-5-7-9-11-13-15-17-19-20-21-23-25-27-29-31-33-35-43(47)53-41(39-52-54(48,49)51-37-40(45)36-44)38-50-42(46)34-32-30-28-26-24-22-18-16-14-12-10-8-6-4-2/h10,12,16,18,40-41,44-45H,3-9,11,13-15,17,19-39H2,1-2H3,(H,48,49)/b12-10-,18-16-/t40-,41+/m0/s1. The molecule has 3 N–H and O–H groups in total. The van der Waals surface area contributed by atoms with Crippen LogP contribution in [-0.2, 0) is 32.7 Å². The van der Waals surface area contributed by atoms with Crippen molar-refractivity contribution in [3.05, 3.63) is 24.3 Å². The zero-order valence-electron chi connectivity index (χ0n) is 34.4. The molecule has 0 saturated carbocycles.